The maximum Gasteiger partial charge on any atom is 0.255 e. The van der Waals surface area contributed by atoms with Crippen LogP contribution in [0.3, 0.4) is 0 Å². The third kappa shape index (κ3) is 6.76. The normalized spacial score (nSPS) is 15.8. The highest BCUT2D eigenvalue weighted by Gasteiger charge is 2.32. The van der Waals surface area contributed by atoms with Gasteiger partial charge in [-0.25, -0.2) is 0 Å². The Morgan fingerprint density at radius 2 is 1.96 bits per heavy atom. The van der Waals surface area contributed by atoms with Crippen molar-refractivity contribution in [1.82, 2.24) is 10.6 Å². The zero-order valence-electron chi connectivity index (χ0n) is 15.7. The van der Waals surface area contributed by atoms with Gasteiger partial charge in [0.1, 0.15) is 12.4 Å². The quantitative estimate of drug-likeness (QED) is 0.604. The van der Waals surface area contributed by atoms with Gasteiger partial charge in [-0.15, -0.1) is 12.4 Å². The van der Waals surface area contributed by atoms with Crippen LogP contribution in [0.25, 0.3) is 0 Å². The van der Waals surface area contributed by atoms with E-state index in [2.05, 4.69) is 10.6 Å². The van der Waals surface area contributed by atoms with Gasteiger partial charge in [0.05, 0.1) is 18.8 Å². The molecule has 0 atom stereocenters. The van der Waals surface area contributed by atoms with Crippen molar-refractivity contribution in [3.8, 4) is 5.75 Å². The maximum absolute atomic E-state index is 12.7. The van der Waals surface area contributed by atoms with E-state index in [1.165, 1.54) is 0 Å². The third-order valence-electron chi connectivity index (χ3n) is 4.56. The van der Waals surface area contributed by atoms with Crippen molar-refractivity contribution in [3.05, 3.63) is 29.8 Å². The Morgan fingerprint density at radius 3 is 2.65 bits per heavy atom. The van der Waals surface area contributed by atoms with E-state index in [0.29, 0.717) is 44.3 Å². The van der Waals surface area contributed by atoms with Gasteiger partial charge in [0.2, 0.25) is 0 Å². The van der Waals surface area contributed by atoms with Gasteiger partial charge in [-0.1, -0.05) is 12.1 Å². The smallest absolute Gasteiger partial charge is 0.255 e. The summed E-state index contributed by atoms with van der Waals surface area (Å²) in [7, 11) is 1.72. The molecule has 26 heavy (non-hydrogen) atoms. The van der Waals surface area contributed by atoms with Crippen molar-refractivity contribution in [3.63, 3.8) is 0 Å². The van der Waals surface area contributed by atoms with Crippen LogP contribution < -0.4 is 15.4 Å². The molecule has 0 radical (unpaired) electrons. The summed E-state index contributed by atoms with van der Waals surface area (Å²) >= 11 is 0. The lowest BCUT2D eigenvalue weighted by atomic mass is 9.79. The van der Waals surface area contributed by atoms with Gasteiger partial charge >= 0.3 is 0 Å². The lowest BCUT2D eigenvalue weighted by Crippen LogP contribution is -2.47. The Balaban J connectivity index is 0.00000338. The van der Waals surface area contributed by atoms with Crippen LogP contribution in [0.1, 0.15) is 30.1 Å². The van der Waals surface area contributed by atoms with Gasteiger partial charge in [-0.3, -0.25) is 4.79 Å². The third-order valence-corrected chi connectivity index (χ3v) is 4.56. The van der Waals surface area contributed by atoms with Crippen LogP contribution in [0.5, 0.6) is 5.75 Å². The fourth-order valence-electron chi connectivity index (χ4n) is 3.13. The van der Waals surface area contributed by atoms with Crippen LogP contribution in [0.4, 0.5) is 0 Å². The van der Waals surface area contributed by atoms with Crippen LogP contribution in [0, 0.1) is 5.41 Å². The van der Waals surface area contributed by atoms with E-state index in [1.54, 1.807) is 13.2 Å². The van der Waals surface area contributed by atoms with E-state index >= 15 is 0 Å². The second kappa shape index (κ2) is 12.1. The molecular formula is C19H31ClN2O4. The van der Waals surface area contributed by atoms with Crippen molar-refractivity contribution in [2.24, 2.45) is 5.41 Å². The molecular weight excluding hydrogens is 356 g/mol. The second-order valence-electron chi connectivity index (χ2n) is 6.41. The fraction of sp³-hybridized carbons (Fsp3) is 0.632. The Hall–Kier alpha value is -1.34. The number of carbonyl (C=O) groups excluding carboxylic acids is 1. The summed E-state index contributed by atoms with van der Waals surface area (Å²) in [5, 5.41) is 6.44. The molecule has 0 saturated carbocycles. The number of ether oxygens (including phenoxy) is 3. The Bertz CT molecular complexity index is 531. The lowest BCUT2D eigenvalue weighted by molar-refractivity contribution is 0.0510. The van der Waals surface area contributed by atoms with Crippen LogP contribution in [-0.2, 0) is 9.47 Å². The molecule has 6 nitrogen and oxygen atoms in total. The summed E-state index contributed by atoms with van der Waals surface area (Å²) in [5.41, 5.74) is 0.556. The summed E-state index contributed by atoms with van der Waals surface area (Å²) in [4.78, 5) is 12.7. The van der Waals surface area contributed by atoms with Crippen molar-refractivity contribution >= 4 is 18.3 Å². The molecule has 1 aromatic rings. The number of nitrogens with one attached hydrogen (secondary N) is 2. The average molecular weight is 387 g/mol. The molecule has 0 aliphatic carbocycles. The molecule has 0 unspecified atom stereocenters. The number of amides is 1. The van der Waals surface area contributed by atoms with E-state index in [1.807, 2.05) is 25.1 Å². The standard InChI is InChI=1S/C19H30N2O4.ClH/c1-3-24-12-13-25-17-7-5-4-6-16(17)18(22)21-14-19(15-23-2)8-10-20-11-9-19;/h4-7,20H,3,8-15H2,1-2H3,(H,21,22);1H. The van der Waals surface area contributed by atoms with Crippen molar-refractivity contribution in [2.45, 2.75) is 19.8 Å². The monoisotopic (exact) mass is 386 g/mol. The molecule has 1 aromatic carbocycles. The molecule has 2 rings (SSSR count). The molecule has 1 aliphatic rings. The number of rotatable bonds is 10. The Labute approximate surface area is 162 Å². The van der Waals surface area contributed by atoms with Crippen LogP contribution in [0.15, 0.2) is 24.3 Å². The number of piperidine rings is 1. The molecule has 0 aromatic heterocycles. The first-order valence-electron chi connectivity index (χ1n) is 8.98. The first-order chi connectivity index (χ1) is 12.2. The fourth-order valence-corrected chi connectivity index (χ4v) is 3.13. The molecule has 1 aliphatic heterocycles. The number of para-hydroxylation sites is 1. The molecule has 7 heteroatoms. The number of benzene rings is 1. The van der Waals surface area contributed by atoms with Crippen molar-refractivity contribution in [1.29, 1.82) is 0 Å². The molecule has 0 bridgehead atoms. The molecule has 1 heterocycles. The van der Waals surface area contributed by atoms with E-state index in [4.69, 9.17) is 14.2 Å². The number of carbonyl (C=O) groups is 1. The summed E-state index contributed by atoms with van der Waals surface area (Å²) < 4.78 is 16.4. The molecule has 2 N–H and O–H groups in total. The van der Waals surface area contributed by atoms with E-state index in [0.717, 1.165) is 25.9 Å². The summed E-state index contributed by atoms with van der Waals surface area (Å²) in [6, 6.07) is 7.32. The van der Waals surface area contributed by atoms with E-state index in [9.17, 15) is 4.79 Å². The zero-order chi connectivity index (χ0) is 18.0. The van der Waals surface area contributed by atoms with Gasteiger partial charge in [-0.05, 0) is 45.0 Å². The van der Waals surface area contributed by atoms with Crippen LogP contribution in [-0.4, -0.2) is 59.1 Å². The minimum Gasteiger partial charge on any atom is -0.490 e. The molecule has 0 spiro atoms. The van der Waals surface area contributed by atoms with Gasteiger partial charge in [-0.2, -0.15) is 0 Å². The van der Waals surface area contributed by atoms with E-state index in [-0.39, 0.29) is 23.7 Å². The molecule has 1 amide bonds. The topological polar surface area (TPSA) is 68.8 Å². The van der Waals surface area contributed by atoms with Gasteiger partial charge in [0, 0.05) is 25.7 Å². The SMILES string of the molecule is CCOCCOc1ccccc1C(=O)NCC1(COC)CCNCC1.Cl. The van der Waals surface area contributed by atoms with Crippen molar-refractivity contribution < 1.29 is 19.0 Å². The van der Waals surface area contributed by atoms with Crippen LogP contribution >= 0.6 is 12.4 Å². The van der Waals surface area contributed by atoms with Crippen molar-refractivity contribution in [2.75, 3.05) is 53.2 Å². The molecule has 148 valence electrons. The highest BCUT2D eigenvalue weighted by molar-refractivity contribution is 5.96. The largest absolute Gasteiger partial charge is 0.490 e. The first kappa shape index (κ1) is 22.7. The number of halogens is 1. The summed E-state index contributed by atoms with van der Waals surface area (Å²) in [5.74, 6) is 0.479. The van der Waals surface area contributed by atoms with Gasteiger partial charge in [0.15, 0.2) is 0 Å². The van der Waals surface area contributed by atoms with Crippen LogP contribution in [0.2, 0.25) is 0 Å². The predicted octanol–water partition coefficient (Wildman–Crippen LogP) is 2.27. The highest BCUT2D eigenvalue weighted by atomic mass is 35.5. The minimum atomic E-state index is -0.110. The number of hydrogen-bond donors (Lipinski definition) is 2. The maximum atomic E-state index is 12.7. The molecule has 1 fully saturated rings. The average Bonchev–Trinajstić information content (AvgIpc) is 2.65. The lowest BCUT2D eigenvalue weighted by Gasteiger charge is -2.37. The molecule has 1 saturated heterocycles. The summed E-state index contributed by atoms with van der Waals surface area (Å²) in [6.45, 7) is 6.70. The predicted molar refractivity (Wildman–Crippen MR) is 104 cm³/mol. The Morgan fingerprint density at radius 1 is 1.23 bits per heavy atom. The number of methoxy groups -OCH3 is 1. The summed E-state index contributed by atoms with van der Waals surface area (Å²) in [6.07, 6.45) is 1.99. The van der Waals surface area contributed by atoms with E-state index < -0.39 is 0 Å². The second-order valence-corrected chi connectivity index (χ2v) is 6.41. The first-order valence-corrected chi connectivity index (χ1v) is 8.98. The minimum absolute atomic E-state index is 0. The number of hydrogen-bond acceptors (Lipinski definition) is 5. The van der Waals surface area contributed by atoms with Gasteiger partial charge in [0.25, 0.3) is 5.91 Å². The Kier molecular flexibility index (Phi) is 10.6. The zero-order valence-corrected chi connectivity index (χ0v) is 16.5. The highest BCUT2D eigenvalue weighted by Crippen LogP contribution is 2.28. The van der Waals surface area contributed by atoms with Gasteiger partial charge < -0.3 is 24.8 Å².